The maximum absolute atomic E-state index is 4.96. The van der Waals surface area contributed by atoms with Crippen molar-refractivity contribution in [3.05, 3.63) is 145 Å². The molecule has 2 nitrogen and oxygen atoms in total. The van der Waals surface area contributed by atoms with E-state index in [0.717, 1.165) is 29.0 Å². The molecule has 0 saturated heterocycles. The molecule has 44 heavy (non-hydrogen) atoms. The van der Waals surface area contributed by atoms with Gasteiger partial charge in [-0.2, -0.15) is 0 Å². The van der Waals surface area contributed by atoms with Gasteiger partial charge in [0, 0.05) is 32.3 Å². The minimum Gasteiger partial charge on any atom is -0.296 e. The Labute approximate surface area is 259 Å². The number of aryl methyl sites for hydroxylation is 1. The van der Waals surface area contributed by atoms with Crippen molar-refractivity contribution in [1.82, 2.24) is 9.55 Å². The van der Waals surface area contributed by atoms with E-state index in [-0.39, 0.29) is 0 Å². The highest BCUT2D eigenvalue weighted by atomic mass is 32.1. The van der Waals surface area contributed by atoms with E-state index in [1.54, 1.807) is 0 Å². The van der Waals surface area contributed by atoms with Crippen LogP contribution in [0, 0.1) is 0 Å². The molecule has 7 aromatic carbocycles. The molecule has 0 bridgehead atoms. The number of hydrogen-bond acceptors (Lipinski definition) is 2. The molecule has 2 heterocycles. The number of para-hydroxylation sites is 2. The van der Waals surface area contributed by atoms with Gasteiger partial charge in [-0.25, -0.2) is 4.98 Å². The number of rotatable bonds is 4. The molecule has 0 radical (unpaired) electrons. The van der Waals surface area contributed by atoms with E-state index >= 15 is 0 Å². The van der Waals surface area contributed by atoms with Crippen LogP contribution in [0.4, 0.5) is 0 Å². The van der Waals surface area contributed by atoms with E-state index in [4.69, 9.17) is 4.98 Å². The maximum Gasteiger partial charge on any atom is 0.114 e. The molecule has 0 unspecified atom stereocenters. The van der Waals surface area contributed by atoms with Crippen molar-refractivity contribution in [3.8, 4) is 27.9 Å². The monoisotopic (exact) mass is 580 g/mol. The van der Waals surface area contributed by atoms with E-state index in [2.05, 4.69) is 151 Å². The number of thiophene rings is 1. The van der Waals surface area contributed by atoms with E-state index in [9.17, 15) is 0 Å². The predicted molar refractivity (Wildman–Crippen MR) is 189 cm³/mol. The predicted octanol–water partition coefficient (Wildman–Crippen LogP) is 11.6. The number of imidazole rings is 1. The van der Waals surface area contributed by atoms with Crippen LogP contribution >= 0.6 is 11.3 Å². The molecule has 0 fully saturated rings. The van der Waals surface area contributed by atoms with Crippen molar-refractivity contribution >= 4 is 64.1 Å². The lowest BCUT2D eigenvalue weighted by atomic mass is 9.85. The summed E-state index contributed by atoms with van der Waals surface area (Å²) < 4.78 is 4.98. The highest BCUT2D eigenvalue weighted by molar-refractivity contribution is 7.25. The zero-order valence-electron chi connectivity index (χ0n) is 24.3. The van der Waals surface area contributed by atoms with Crippen LogP contribution in [0.3, 0.4) is 0 Å². The number of hydrogen-bond donors (Lipinski definition) is 0. The summed E-state index contributed by atoms with van der Waals surface area (Å²) in [5, 5.41) is 7.72. The highest BCUT2D eigenvalue weighted by Crippen LogP contribution is 2.45. The summed E-state index contributed by atoms with van der Waals surface area (Å²) in [6, 6.07) is 51.0. The SMILES string of the molecule is CCc1nc2ccccc2n1-c1cccc(-c2c3ccccc3c(-c3ccc4sc5ccccc5c4c3)c3ccccc23)c1. The lowest BCUT2D eigenvalue weighted by molar-refractivity contribution is 0.908. The molecule has 3 heteroatoms. The average Bonchev–Trinajstić information content (AvgIpc) is 3.65. The van der Waals surface area contributed by atoms with Gasteiger partial charge in [-0.1, -0.05) is 104 Å². The van der Waals surface area contributed by atoms with E-state index in [0.29, 0.717) is 0 Å². The second-order valence-electron chi connectivity index (χ2n) is 11.4. The van der Waals surface area contributed by atoms with Crippen molar-refractivity contribution in [3.63, 3.8) is 0 Å². The Morgan fingerprint density at radius 3 is 1.82 bits per heavy atom. The first-order chi connectivity index (χ1) is 21.8. The van der Waals surface area contributed by atoms with Crippen LogP contribution in [-0.2, 0) is 6.42 Å². The van der Waals surface area contributed by atoms with Gasteiger partial charge in [-0.15, -0.1) is 11.3 Å². The zero-order valence-corrected chi connectivity index (χ0v) is 25.1. The molecule has 0 atom stereocenters. The van der Waals surface area contributed by atoms with Gasteiger partial charge < -0.3 is 0 Å². The van der Waals surface area contributed by atoms with Gasteiger partial charge in [0.05, 0.1) is 11.0 Å². The smallest absolute Gasteiger partial charge is 0.114 e. The summed E-state index contributed by atoms with van der Waals surface area (Å²) in [5.41, 5.74) is 8.34. The summed E-state index contributed by atoms with van der Waals surface area (Å²) in [4.78, 5) is 4.96. The van der Waals surface area contributed by atoms with Crippen molar-refractivity contribution in [2.75, 3.05) is 0 Å². The second kappa shape index (κ2) is 9.90. The van der Waals surface area contributed by atoms with Crippen molar-refractivity contribution in [1.29, 1.82) is 0 Å². The van der Waals surface area contributed by atoms with Crippen LogP contribution in [0.25, 0.3) is 80.7 Å². The molecule has 0 saturated carbocycles. The molecule has 0 spiro atoms. The van der Waals surface area contributed by atoms with E-state index in [1.165, 1.54) is 64.0 Å². The Morgan fingerprint density at radius 2 is 1.11 bits per heavy atom. The van der Waals surface area contributed by atoms with Crippen LogP contribution in [0.2, 0.25) is 0 Å². The van der Waals surface area contributed by atoms with Gasteiger partial charge in [-0.3, -0.25) is 4.57 Å². The molecular formula is C41H28N2S. The van der Waals surface area contributed by atoms with Gasteiger partial charge in [0.1, 0.15) is 5.82 Å². The van der Waals surface area contributed by atoms with Gasteiger partial charge in [0.2, 0.25) is 0 Å². The summed E-state index contributed by atoms with van der Waals surface area (Å²) in [6.45, 7) is 2.18. The van der Waals surface area contributed by atoms with Crippen LogP contribution in [-0.4, -0.2) is 9.55 Å². The summed E-state index contributed by atoms with van der Waals surface area (Å²) in [6.07, 6.45) is 0.864. The van der Waals surface area contributed by atoms with Gasteiger partial charge in [0.15, 0.2) is 0 Å². The average molecular weight is 581 g/mol. The molecule has 9 rings (SSSR count). The molecule has 208 valence electrons. The third kappa shape index (κ3) is 3.76. The molecule has 0 aliphatic rings. The fourth-order valence-corrected chi connectivity index (χ4v) is 8.12. The number of aromatic nitrogens is 2. The van der Waals surface area contributed by atoms with Crippen molar-refractivity contribution in [2.45, 2.75) is 13.3 Å². The third-order valence-corrected chi connectivity index (χ3v) is 10.1. The molecule has 0 aliphatic carbocycles. The van der Waals surface area contributed by atoms with Crippen LogP contribution in [0.1, 0.15) is 12.7 Å². The first kappa shape index (κ1) is 25.3. The van der Waals surface area contributed by atoms with Crippen LogP contribution < -0.4 is 0 Å². The number of nitrogens with zero attached hydrogens (tertiary/aromatic N) is 2. The summed E-state index contributed by atoms with van der Waals surface area (Å²) >= 11 is 1.87. The van der Waals surface area contributed by atoms with Gasteiger partial charge in [-0.05, 0) is 86.3 Å². The Balaban J connectivity index is 1.32. The first-order valence-corrected chi connectivity index (χ1v) is 16.0. The quantitative estimate of drug-likeness (QED) is 0.189. The molecule has 2 aromatic heterocycles. The molecular weight excluding hydrogens is 553 g/mol. The second-order valence-corrected chi connectivity index (χ2v) is 12.5. The third-order valence-electron chi connectivity index (χ3n) is 8.94. The van der Waals surface area contributed by atoms with Crippen LogP contribution in [0.15, 0.2) is 140 Å². The standard InChI is InChI=1S/C41H28N2S/c1-2-39-42-35-19-8-9-20-36(35)43(39)28-13-11-12-26(24-28)40-30-15-3-5-17-32(30)41(33-18-6-4-16-31(33)40)27-22-23-38-34(25-27)29-14-7-10-21-37(29)44-38/h3-25H,2H2,1H3. The lowest BCUT2D eigenvalue weighted by Gasteiger charge is -2.18. The molecule has 0 N–H and O–H groups in total. The van der Waals surface area contributed by atoms with Crippen LogP contribution in [0.5, 0.6) is 0 Å². The minimum absolute atomic E-state index is 0.864. The van der Waals surface area contributed by atoms with Crippen molar-refractivity contribution in [2.24, 2.45) is 0 Å². The zero-order chi connectivity index (χ0) is 29.2. The largest absolute Gasteiger partial charge is 0.296 e. The summed E-state index contributed by atoms with van der Waals surface area (Å²) in [7, 11) is 0. The van der Waals surface area contributed by atoms with Gasteiger partial charge >= 0.3 is 0 Å². The number of benzene rings is 7. The van der Waals surface area contributed by atoms with Gasteiger partial charge in [0.25, 0.3) is 0 Å². The lowest BCUT2D eigenvalue weighted by Crippen LogP contribution is -2.00. The Kier molecular flexibility index (Phi) is 5.69. The molecule has 9 aromatic rings. The number of fused-ring (bicyclic) bond motifs is 6. The first-order valence-electron chi connectivity index (χ1n) is 15.2. The Morgan fingerprint density at radius 1 is 0.523 bits per heavy atom. The Bertz CT molecular complexity index is 2490. The summed E-state index contributed by atoms with van der Waals surface area (Å²) in [5.74, 6) is 1.07. The minimum atomic E-state index is 0.864. The van der Waals surface area contributed by atoms with E-state index in [1.807, 2.05) is 11.3 Å². The Hall–Kier alpha value is -5.25. The fourth-order valence-electron chi connectivity index (χ4n) is 7.03. The fraction of sp³-hybridized carbons (Fsp3) is 0.0488. The van der Waals surface area contributed by atoms with Crippen molar-refractivity contribution < 1.29 is 0 Å². The normalized spacial score (nSPS) is 11.8. The van der Waals surface area contributed by atoms with E-state index < -0.39 is 0 Å². The highest BCUT2D eigenvalue weighted by Gasteiger charge is 2.18. The topological polar surface area (TPSA) is 17.8 Å². The maximum atomic E-state index is 4.96. The molecule has 0 aliphatic heterocycles. The molecule has 0 amide bonds.